The lowest BCUT2D eigenvalue weighted by molar-refractivity contribution is 0.234. The smallest absolute Gasteiger partial charge is 0.254 e. The molecule has 0 fully saturated rings. The van der Waals surface area contributed by atoms with Crippen LogP contribution >= 0.6 is 0 Å². The van der Waals surface area contributed by atoms with Crippen molar-refractivity contribution in [1.82, 2.24) is 24.8 Å². The normalized spacial score (nSPS) is 15.6. The first kappa shape index (κ1) is 13.1. The number of nitrogens with zero attached hydrogens (tertiary/aromatic N) is 3. The van der Waals surface area contributed by atoms with Crippen molar-refractivity contribution in [3.8, 4) is 0 Å². The lowest BCUT2D eigenvalue weighted by atomic mass is 10.1. The monoisotopic (exact) mass is 273 g/mol. The number of nitrogens with one attached hydrogen (secondary N) is 2. The number of hydrogen-bond donors (Lipinski definition) is 2. The molecule has 2 N–H and O–H groups in total. The second kappa shape index (κ2) is 5.20. The van der Waals surface area contributed by atoms with Gasteiger partial charge in [0.15, 0.2) is 0 Å². The molecular formula is C14H19N5O. The predicted octanol–water partition coefficient (Wildman–Crippen LogP) is 1.17. The largest absolute Gasteiger partial charge is 0.348 e. The molecule has 6 nitrogen and oxygen atoms in total. The minimum atomic E-state index is 0.0244. The molecule has 106 valence electrons. The van der Waals surface area contributed by atoms with E-state index in [1.54, 1.807) is 6.20 Å². The molecular weight excluding hydrogens is 254 g/mol. The van der Waals surface area contributed by atoms with Gasteiger partial charge in [-0.1, -0.05) is 13.8 Å². The zero-order valence-electron chi connectivity index (χ0n) is 11.8. The Morgan fingerprint density at radius 3 is 3.00 bits per heavy atom. The van der Waals surface area contributed by atoms with Crippen molar-refractivity contribution in [1.29, 1.82) is 0 Å². The lowest BCUT2D eigenvalue weighted by Crippen LogP contribution is -2.35. The van der Waals surface area contributed by atoms with Crippen LogP contribution in [0.5, 0.6) is 0 Å². The fourth-order valence-corrected chi connectivity index (χ4v) is 2.52. The molecule has 2 aromatic rings. The summed E-state index contributed by atoms with van der Waals surface area (Å²) in [5.74, 6) is 1.95. The number of imidazole rings is 1. The highest BCUT2D eigenvalue weighted by molar-refractivity contribution is 5.21. The summed E-state index contributed by atoms with van der Waals surface area (Å²) in [6, 6.07) is 0. The number of rotatable bonds is 3. The second-order valence-corrected chi connectivity index (χ2v) is 5.53. The van der Waals surface area contributed by atoms with Gasteiger partial charge in [-0.05, 0) is 6.42 Å². The van der Waals surface area contributed by atoms with E-state index in [9.17, 15) is 4.79 Å². The van der Waals surface area contributed by atoms with Gasteiger partial charge in [0.05, 0.1) is 12.2 Å². The molecule has 3 heterocycles. The van der Waals surface area contributed by atoms with E-state index in [1.165, 1.54) is 0 Å². The number of aromatic nitrogens is 4. The van der Waals surface area contributed by atoms with Gasteiger partial charge in [-0.2, -0.15) is 0 Å². The Hall–Kier alpha value is -1.95. The minimum Gasteiger partial charge on any atom is -0.348 e. The van der Waals surface area contributed by atoms with Crippen LogP contribution in [0.2, 0.25) is 0 Å². The standard InChI is InChI=1S/C14H19N5O/c1-9(2)13-17-11-7-19(8-12-15-4-5-16-12)6-3-10(11)14(20)18-13/h4-5,9H,3,6-8H2,1-2H3,(H,15,16)(H,17,18,20). The van der Waals surface area contributed by atoms with Gasteiger partial charge in [0.2, 0.25) is 0 Å². The van der Waals surface area contributed by atoms with E-state index in [0.717, 1.165) is 42.4 Å². The van der Waals surface area contributed by atoms with Gasteiger partial charge in [0, 0.05) is 37.0 Å². The van der Waals surface area contributed by atoms with E-state index in [0.29, 0.717) is 6.54 Å². The number of H-pyrrole nitrogens is 2. The molecule has 1 aliphatic heterocycles. The molecule has 0 saturated heterocycles. The molecule has 0 unspecified atom stereocenters. The lowest BCUT2D eigenvalue weighted by Gasteiger charge is -2.27. The number of fused-ring (bicyclic) bond motifs is 1. The van der Waals surface area contributed by atoms with Crippen LogP contribution in [-0.2, 0) is 19.5 Å². The van der Waals surface area contributed by atoms with Gasteiger partial charge >= 0.3 is 0 Å². The molecule has 0 bridgehead atoms. The Morgan fingerprint density at radius 2 is 2.30 bits per heavy atom. The molecule has 0 saturated carbocycles. The molecule has 0 radical (unpaired) electrons. The molecule has 2 aromatic heterocycles. The van der Waals surface area contributed by atoms with Crippen molar-refractivity contribution < 1.29 is 0 Å². The first-order chi connectivity index (χ1) is 9.63. The van der Waals surface area contributed by atoms with Crippen molar-refractivity contribution in [3.63, 3.8) is 0 Å². The highest BCUT2D eigenvalue weighted by atomic mass is 16.1. The quantitative estimate of drug-likeness (QED) is 0.880. The van der Waals surface area contributed by atoms with E-state index >= 15 is 0 Å². The molecule has 3 rings (SSSR count). The Bertz CT molecular complexity index is 644. The van der Waals surface area contributed by atoms with Crippen LogP contribution < -0.4 is 5.56 Å². The topological polar surface area (TPSA) is 77.7 Å². The maximum Gasteiger partial charge on any atom is 0.254 e. The molecule has 0 aliphatic carbocycles. The highest BCUT2D eigenvalue weighted by Gasteiger charge is 2.22. The molecule has 6 heteroatoms. The average molecular weight is 273 g/mol. The van der Waals surface area contributed by atoms with Crippen molar-refractivity contribution >= 4 is 0 Å². The van der Waals surface area contributed by atoms with Gasteiger partial charge in [0.1, 0.15) is 11.6 Å². The third kappa shape index (κ3) is 2.51. The van der Waals surface area contributed by atoms with E-state index in [2.05, 4.69) is 24.8 Å². The first-order valence-electron chi connectivity index (χ1n) is 6.96. The average Bonchev–Trinajstić information content (AvgIpc) is 2.91. The summed E-state index contributed by atoms with van der Waals surface area (Å²) in [6.45, 7) is 6.40. The zero-order chi connectivity index (χ0) is 14.1. The van der Waals surface area contributed by atoms with Crippen molar-refractivity contribution in [3.05, 3.63) is 45.7 Å². The third-order valence-corrected chi connectivity index (χ3v) is 3.65. The third-order valence-electron chi connectivity index (χ3n) is 3.65. The molecule has 0 atom stereocenters. The summed E-state index contributed by atoms with van der Waals surface area (Å²) >= 11 is 0. The maximum atomic E-state index is 12.1. The van der Waals surface area contributed by atoms with E-state index in [-0.39, 0.29) is 11.5 Å². The van der Waals surface area contributed by atoms with Crippen LogP contribution in [0, 0.1) is 0 Å². The van der Waals surface area contributed by atoms with Gasteiger partial charge in [-0.3, -0.25) is 9.69 Å². The Kier molecular flexibility index (Phi) is 3.40. The van der Waals surface area contributed by atoms with E-state index in [1.807, 2.05) is 20.0 Å². The van der Waals surface area contributed by atoms with Gasteiger partial charge in [-0.25, -0.2) is 9.97 Å². The fourth-order valence-electron chi connectivity index (χ4n) is 2.52. The van der Waals surface area contributed by atoms with Gasteiger partial charge in [0.25, 0.3) is 5.56 Å². The maximum absolute atomic E-state index is 12.1. The summed E-state index contributed by atoms with van der Waals surface area (Å²) in [5.41, 5.74) is 1.77. The van der Waals surface area contributed by atoms with Crippen LogP contribution in [0.4, 0.5) is 0 Å². The highest BCUT2D eigenvalue weighted by Crippen LogP contribution is 2.17. The SMILES string of the molecule is CC(C)c1nc2c(c(=O)[nH]1)CCN(Cc1ncc[nH]1)C2. The van der Waals surface area contributed by atoms with Gasteiger partial charge in [-0.15, -0.1) is 0 Å². The predicted molar refractivity (Wildman–Crippen MR) is 75.4 cm³/mol. The summed E-state index contributed by atoms with van der Waals surface area (Å²) in [4.78, 5) is 29.2. The van der Waals surface area contributed by atoms with Crippen LogP contribution in [-0.4, -0.2) is 31.4 Å². The Labute approximate surface area is 117 Å². The first-order valence-corrected chi connectivity index (χ1v) is 6.96. The van der Waals surface area contributed by atoms with Crippen LogP contribution in [0.1, 0.15) is 42.7 Å². The minimum absolute atomic E-state index is 0.0244. The van der Waals surface area contributed by atoms with Crippen LogP contribution in [0.25, 0.3) is 0 Å². The molecule has 0 spiro atoms. The summed E-state index contributed by atoms with van der Waals surface area (Å²) in [7, 11) is 0. The summed E-state index contributed by atoms with van der Waals surface area (Å²) in [5, 5.41) is 0. The molecule has 0 amide bonds. The fraction of sp³-hybridized carbons (Fsp3) is 0.500. The van der Waals surface area contributed by atoms with Crippen molar-refractivity contribution in [2.75, 3.05) is 6.54 Å². The summed E-state index contributed by atoms with van der Waals surface area (Å²) < 4.78 is 0. The van der Waals surface area contributed by atoms with Crippen molar-refractivity contribution in [2.45, 2.75) is 39.3 Å². The molecule has 0 aromatic carbocycles. The van der Waals surface area contributed by atoms with Gasteiger partial charge < -0.3 is 9.97 Å². The zero-order valence-corrected chi connectivity index (χ0v) is 11.8. The van der Waals surface area contributed by atoms with Crippen LogP contribution in [0.3, 0.4) is 0 Å². The number of aromatic amines is 2. The molecule has 1 aliphatic rings. The van der Waals surface area contributed by atoms with Crippen LogP contribution in [0.15, 0.2) is 17.2 Å². The second-order valence-electron chi connectivity index (χ2n) is 5.53. The Morgan fingerprint density at radius 1 is 1.45 bits per heavy atom. The number of hydrogen-bond acceptors (Lipinski definition) is 4. The van der Waals surface area contributed by atoms with Crippen molar-refractivity contribution in [2.24, 2.45) is 0 Å². The Balaban J connectivity index is 1.84. The molecule has 20 heavy (non-hydrogen) atoms. The van der Waals surface area contributed by atoms with E-state index in [4.69, 9.17) is 0 Å². The summed E-state index contributed by atoms with van der Waals surface area (Å²) in [6.07, 6.45) is 4.33. The van der Waals surface area contributed by atoms with E-state index < -0.39 is 0 Å².